The van der Waals surface area contributed by atoms with Crippen LogP contribution in [0.2, 0.25) is 0 Å². The first kappa shape index (κ1) is 20.7. The van der Waals surface area contributed by atoms with E-state index in [2.05, 4.69) is 19.1 Å². The molecule has 0 amide bonds. The number of unbranched alkanes of at least 4 members (excludes halogenated alkanes) is 10. The lowest BCUT2D eigenvalue weighted by molar-refractivity contribution is -0.162. The van der Waals surface area contributed by atoms with Crippen LogP contribution in [0.1, 0.15) is 103 Å². The molecule has 1 fully saturated rings. The maximum absolute atomic E-state index is 5.76. The van der Waals surface area contributed by atoms with Crippen LogP contribution >= 0.6 is 0 Å². The molecule has 0 spiro atoms. The Morgan fingerprint density at radius 2 is 1.48 bits per heavy atom. The molecular weight excluding hydrogens is 284 g/mol. The van der Waals surface area contributed by atoms with Crippen molar-refractivity contribution in [2.24, 2.45) is 0 Å². The van der Waals surface area contributed by atoms with E-state index in [0.29, 0.717) is 0 Å². The average Bonchev–Trinajstić information content (AvgIpc) is 2.59. The SMILES string of the molecule is CCCCC/C=C\CCCCCCCCCOC1CCCCO1. The Kier molecular flexibility index (Phi) is 14.9. The van der Waals surface area contributed by atoms with Crippen LogP contribution in [0.4, 0.5) is 0 Å². The summed E-state index contributed by atoms with van der Waals surface area (Å²) in [5, 5.41) is 0. The molecule has 1 rings (SSSR count). The second-order valence-corrected chi connectivity index (χ2v) is 6.90. The largest absolute Gasteiger partial charge is 0.353 e. The number of rotatable bonds is 15. The minimum absolute atomic E-state index is 0.0961. The first-order valence-corrected chi connectivity index (χ1v) is 10.3. The number of ether oxygens (including phenoxy) is 2. The van der Waals surface area contributed by atoms with Gasteiger partial charge in [0.1, 0.15) is 0 Å². The maximum atomic E-state index is 5.76. The van der Waals surface area contributed by atoms with Gasteiger partial charge in [-0.3, -0.25) is 0 Å². The van der Waals surface area contributed by atoms with E-state index < -0.39 is 0 Å². The van der Waals surface area contributed by atoms with Gasteiger partial charge in [-0.05, 0) is 51.4 Å². The average molecular weight is 325 g/mol. The summed E-state index contributed by atoms with van der Waals surface area (Å²) in [6, 6.07) is 0. The summed E-state index contributed by atoms with van der Waals surface area (Å²) in [6.07, 6.45) is 24.5. The fourth-order valence-corrected chi connectivity index (χ4v) is 3.05. The highest BCUT2D eigenvalue weighted by atomic mass is 16.7. The van der Waals surface area contributed by atoms with Gasteiger partial charge in [-0.2, -0.15) is 0 Å². The monoisotopic (exact) mass is 324 g/mol. The minimum atomic E-state index is 0.0961. The predicted octanol–water partition coefficient (Wildman–Crippen LogP) is 6.79. The molecule has 0 aromatic carbocycles. The van der Waals surface area contributed by atoms with Crippen molar-refractivity contribution in [2.75, 3.05) is 13.2 Å². The minimum Gasteiger partial charge on any atom is -0.353 e. The first-order valence-electron chi connectivity index (χ1n) is 10.3. The molecule has 23 heavy (non-hydrogen) atoms. The van der Waals surface area contributed by atoms with Crippen LogP contribution < -0.4 is 0 Å². The van der Waals surface area contributed by atoms with Gasteiger partial charge in [0.15, 0.2) is 6.29 Å². The quantitative estimate of drug-likeness (QED) is 0.244. The van der Waals surface area contributed by atoms with Crippen molar-refractivity contribution in [1.29, 1.82) is 0 Å². The number of hydrogen-bond donors (Lipinski definition) is 0. The van der Waals surface area contributed by atoms with Crippen molar-refractivity contribution in [1.82, 2.24) is 0 Å². The van der Waals surface area contributed by atoms with Crippen molar-refractivity contribution in [2.45, 2.75) is 110 Å². The highest BCUT2D eigenvalue weighted by Gasteiger charge is 2.13. The third kappa shape index (κ3) is 13.8. The van der Waals surface area contributed by atoms with E-state index in [0.717, 1.165) is 19.6 Å². The van der Waals surface area contributed by atoms with Crippen LogP contribution in [-0.2, 0) is 9.47 Å². The molecule has 1 unspecified atom stereocenters. The summed E-state index contributed by atoms with van der Waals surface area (Å²) in [5.41, 5.74) is 0. The zero-order valence-corrected chi connectivity index (χ0v) is 15.6. The molecule has 2 heteroatoms. The van der Waals surface area contributed by atoms with Crippen LogP contribution in [0.15, 0.2) is 12.2 Å². The van der Waals surface area contributed by atoms with Crippen molar-refractivity contribution >= 4 is 0 Å². The lowest BCUT2D eigenvalue weighted by Crippen LogP contribution is -2.22. The molecule has 0 saturated carbocycles. The fourth-order valence-electron chi connectivity index (χ4n) is 3.05. The Balaban J connectivity index is 1.71. The zero-order valence-electron chi connectivity index (χ0n) is 15.6. The van der Waals surface area contributed by atoms with Crippen molar-refractivity contribution in [3.63, 3.8) is 0 Å². The van der Waals surface area contributed by atoms with Gasteiger partial charge in [0.25, 0.3) is 0 Å². The van der Waals surface area contributed by atoms with E-state index in [1.807, 2.05) is 0 Å². The van der Waals surface area contributed by atoms with Crippen LogP contribution in [0.3, 0.4) is 0 Å². The smallest absolute Gasteiger partial charge is 0.157 e. The predicted molar refractivity (Wildman–Crippen MR) is 99.8 cm³/mol. The lowest BCUT2D eigenvalue weighted by Gasteiger charge is -2.22. The van der Waals surface area contributed by atoms with Gasteiger partial charge >= 0.3 is 0 Å². The summed E-state index contributed by atoms with van der Waals surface area (Å²) in [4.78, 5) is 0. The summed E-state index contributed by atoms with van der Waals surface area (Å²) in [5.74, 6) is 0. The molecule has 0 aromatic rings. The van der Waals surface area contributed by atoms with Gasteiger partial charge < -0.3 is 9.47 Å². The van der Waals surface area contributed by atoms with Gasteiger partial charge in [0.05, 0.1) is 0 Å². The highest BCUT2D eigenvalue weighted by molar-refractivity contribution is 4.81. The van der Waals surface area contributed by atoms with Crippen LogP contribution in [0, 0.1) is 0 Å². The number of hydrogen-bond acceptors (Lipinski definition) is 2. The topological polar surface area (TPSA) is 18.5 Å². The second-order valence-electron chi connectivity index (χ2n) is 6.90. The summed E-state index contributed by atoms with van der Waals surface area (Å²) in [6.45, 7) is 4.04. The Morgan fingerprint density at radius 1 is 0.826 bits per heavy atom. The third-order valence-corrected chi connectivity index (χ3v) is 4.60. The van der Waals surface area contributed by atoms with Crippen molar-refractivity contribution < 1.29 is 9.47 Å². The molecule has 0 radical (unpaired) electrons. The molecule has 0 aliphatic carbocycles. The molecule has 136 valence electrons. The van der Waals surface area contributed by atoms with Crippen LogP contribution in [0.5, 0.6) is 0 Å². The fraction of sp³-hybridized carbons (Fsp3) is 0.905. The van der Waals surface area contributed by atoms with Gasteiger partial charge in [0.2, 0.25) is 0 Å². The van der Waals surface area contributed by atoms with E-state index in [1.54, 1.807) is 0 Å². The second kappa shape index (κ2) is 16.5. The number of allylic oxidation sites excluding steroid dienone is 2. The van der Waals surface area contributed by atoms with Gasteiger partial charge in [-0.15, -0.1) is 0 Å². The Morgan fingerprint density at radius 3 is 2.13 bits per heavy atom. The lowest BCUT2D eigenvalue weighted by atomic mass is 10.1. The molecule has 2 nitrogen and oxygen atoms in total. The molecule has 1 atom stereocenters. The molecule has 1 heterocycles. The highest BCUT2D eigenvalue weighted by Crippen LogP contribution is 2.15. The van der Waals surface area contributed by atoms with E-state index in [-0.39, 0.29) is 6.29 Å². The normalized spacial score (nSPS) is 18.7. The Labute approximate surface area is 145 Å². The molecular formula is C21H40O2. The molecule has 1 saturated heterocycles. The standard InChI is InChI=1S/C21H40O2/c1-2-3-4-5-6-7-8-9-10-11-12-13-14-16-19-22-21-18-15-17-20-23-21/h6-7,21H,2-5,8-20H2,1H3/b7-6-. The molecule has 0 bridgehead atoms. The van der Waals surface area contributed by atoms with E-state index in [4.69, 9.17) is 9.47 Å². The zero-order chi connectivity index (χ0) is 16.4. The van der Waals surface area contributed by atoms with Crippen LogP contribution in [-0.4, -0.2) is 19.5 Å². The third-order valence-electron chi connectivity index (χ3n) is 4.60. The van der Waals surface area contributed by atoms with Crippen molar-refractivity contribution in [3.8, 4) is 0 Å². The molecule has 0 aromatic heterocycles. The maximum Gasteiger partial charge on any atom is 0.157 e. The van der Waals surface area contributed by atoms with E-state index in [9.17, 15) is 0 Å². The molecule has 0 N–H and O–H groups in total. The Hall–Kier alpha value is -0.340. The first-order chi connectivity index (χ1) is 11.4. The summed E-state index contributed by atoms with van der Waals surface area (Å²) in [7, 11) is 0. The van der Waals surface area contributed by atoms with Gasteiger partial charge in [-0.25, -0.2) is 0 Å². The van der Waals surface area contributed by atoms with E-state index >= 15 is 0 Å². The molecule has 1 aliphatic rings. The van der Waals surface area contributed by atoms with Crippen molar-refractivity contribution in [3.05, 3.63) is 12.2 Å². The van der Waals surface area contributed by atoms with E-state index in [1.165, 1.54) is 89.9 Å². The van der Waals surface area contributed by atoms with Crippen LogP contribution in [0.25, 0.3) is 0 Å². The molecule has 1 aliphatic heterocycles. The van der Waals surface area contributed by atoms with Gasteiger partial charge in [0, 0.05) is 13.2 Å². The van der Waals surface area contributed by atoms with Gasteiger partial charge in [-0.1, -0.05) is 64.0 Å². The summed E-state index contributed by atoms with van der Waals surface area (Å²) >= 11 is 0. The summed E-state index contributed by atoms with van der Waals surface area (Å²) < 4.78 is 11.3. The Bertz CT molecular complexity index is 257.